The maximum absolute atomic E-state index is 13.4. The van der Waals surface area contributed by atoms with Gasteiger partial charge in [-0.2, -0.15) is 4.98 Å². The lowest BCUT2D eigenvalue weighted by Crippen LogP contribution is -2.39. The van der Waals surface area contributed by atoms with E-state index in [9.17, 15) is 18.0 Å². The summed E-state index contributed by atoms with van der Waals surface area (Å²) < 4.78 is 36.6. The van der Waals surface area contributed by atoms with Crippen molar-refractivity contribution in [1.82, 2.24) is 14.3 Å². The summed E-state index contributed by atoms with van der Waals surface area (Å²) in [5.41, 5.74) is 0.0266. The number of thioether (sulfide) groups is 1. The molecule has 4 heterocycles. The Balaban J connectivity index is 1.56. The lowest BCUT2D eigenvalue weighted by Gasteiger charge is -2.20. The van der Waals surface area contributed by atoms with Crippen molar-refractivity contribution in [2.75, 3.05) is 18.6 Å². The number of nitrogens with zero attached hydrogens (tertiary/aromatic N) is 3. The number of sulfone groups is 1. The number of carbonyl (C=O) groups excluding carboxylic acids is 1. The normalized spacial score (nSPS) is 20.7. The number of amides is 1. The Kier molecular flexibility index (Phi) is 6.11. The minimum Gasteiger partial charge on any atom is -0.497 e. The summed E-state index contributed by atoms with van der Waals surface area (Å²) in [6.45, 7) is 0. The molecule has 9 nitrogen and oxygen atoms in total. The number of ether oxygens (including phenoxy) is 2. The monoisotopic (exact) mass is 529 g/mol. The first-order valence-electron chi connectivity index (χ1n) is 10.6. The highest BCUT2D eigenvalue weighted by atomic mass is 32.2. The van der Waals surface area contributed by atoms with Gasteiger partial charge in [-0.3, -0.25) is 18.9 Å². The number of fused-ring (bicyclic) bond motifs is 1. The van der Waals surface area contributed by atoms with Crippen LogP contribution in [0.1, 0.15) is 12.0 Å². The number of pyridine rings is 1. The van der Waals surface area contributed by atoms with E-state index in [4.69, 9.17) is 21.7 Å². The second-order valence-corrected chi connectivity index (χ2v) is 11.9. The SMILES string of the molecule is COc1ccc(Oc2nc3ccccn3c(=O)c2/C=C2\SC(=S)N([C@@H]3CCS(=O)(=O)C3)C2=O)cc1. The zero-order valence-electron chi connectivity index (χ0n) is 18.4. The fourth-order valence-electron chi connectivity index (χ4n) is 3.94. The predicted molar refractivity (Wildman–Crippen MR) is 137 cm³/mol. The quantitative estimate of drug-likeness (QED) is 0.364. The molecule has 0 bridgehead atoms. The van der Waals surface area contributed by atoms with E-state index in [-0.39, 0.29) is 32.2 Å². The van der Waals surface area contributed by atoms with Crippen LogP contribution in [-0.4, -0.2) is 57.6 Å². The molecule has 2 aromatic heterocycles. The van der Waals surface area contributed by atoms with Gasteiger partial charge in [-0.1, -0.05) is 30.0 Å². The van der Waals surface area contributed by atoms with Crippen LogP contribution in [0.4, 0.5) is 0 Å². The molecule has 2 saturated heterocycles. The van der Waals surface area contributed by atoms with Gasteiger partial charge < -0.3 is 9.47 Å². The zero-order valence-corrected chi connectivity index (χ0v) is 20.9. The highest BCUT2D eigenvalue weighted by Gasteiger charge is 2.42. The number of hydrogen-bond acceptors (Lipinski definition) is 9. The topological polar surface area (TPSA) is 107 Å². The van der Waals surface area contributed by atoms with Crippen molar-refractivity contribution in [1.29, 1.82) is 0 Å². The molecule has 12 heteroatoms. The zero-order chi connectivity index (χ0) is 24.7. The summed E-state index contributed by atoms with van der Waals surface area (Å²) in [7, 11) is -1.66. The second kappa shape index (κ2) is 9.10. The van der Waals surface area contributed by atoms with Crippen molar-refractivity contribution >= 4 is 55.8 Å². The van der Waals surface area contributed by atoms with Crippen molar-refractivity contribution in [2.24, 2.45) is 0 Å². The van der Waals surface area contributed by atoms with Gasteiger partial charge in [0, 0.05) is 6.20 Å². The Morgan fingerprint density at radius 2 is 1.89 bits per heavy atom. The molecule has 0 unspecified atom stereocenters. The number of aromatic nitrogens is 2. The first kappa shape index (κ1) is 23.5. The van der Waals surface area contributed by atoms with Gasteiger partial charge >= 0.3 is 0 Å². The Morgan fingerprint density at radius 3 is 2.57 bits per heavy atom. The van der Waals surface area contributed by atoms with Gasteiger partial charge in [0.1, 0.15) is 27.0 Å². The van der Waals surface area contributed by atoms with Crippen molar-refractivity contribution in [3.8, 4) is 17.4 Å². The predicted octanol–water partition coefficient (Wildman–Crippen LogP) is 2.88. The third kappa shape index (κ3) is 4.56. The van der Waals surface area contributed by atoms with E-state index in [0.717, 1.165) is 11.8 Å². The molecule has 1 amide bonds. The molecular weight excluding hydrogens is 510 g/mol. The third-order valence-corrected chi connectivity index (χ3v) is 8.76. The fraction of sp³-hybridized carbons (Fsp3) is 0.217. The van der Waals surface area contributed by atoms with Crippen molar-refractivity contribution in [2.45, 2.75) is 12.5 Å². The second-order valence-electron chi connectivity index (χ2n) is 7.95. The van der Waals surface area contributed by atoms with E-state index < -0.39 is 27.3 Å². The molecule has 35 heavy (non-hydrogen) atoms. The van der Waals surface area contributed by atoms with Crippen molar-refractivity contribution < 1.29 is 22.7 Å². The van der Waals surface area contributed by atoms with Crippen LogP contribution < -0.4 is 15.0 Å². The lowest BCUT2D eigenvalue weighted by molar-refractivity contribution is -0.123. The molecular formula is C23H19N3O6S3. The van der Waals surface area contributed by atoms with Gasteiger partial charge in [0.25, 0.3) is 11.5 Å². The number of carbonyl (C=O) groups is 1. The molecule has 0 radical (unpaired) electrons. The van der Waals surface area contributed by atoms with Crippen LogP contribution in [0.5, 0.6) is 17.4 Å². The van der Waals surface area contributed by atoms with Crippen LogP contribution in [0.2, 0.25) is 0 Å². The largest absolute Gasteiger partial charge is 0.497 e. The smallest absolute Gasteiger partial charge is 0.269 e. The molecule has 3 aromatic rings. The summed E-state index contributed by atoms with van der Waals surface area (Å²) in [6, 6.07) is 11.4. The maximum Gasteiger partial charge on any atom is 0.269 e. The van der Waals surface area contributed by atoms with Gasteiger partial charge in [-0.05, 0) is 48.9 Å². The van der Waals surface area contributed by atoms with E-state index >= 15 is 0 Å². The van der Waals surface area contributed by atoms with Gasteiger partial charge in [-0.25, -0.2) is 8.42 Å². The Morgan fingerprint density at radius 1 is 1.14 bits per heavy atom. The molecule has 1 aromatic carbocycles. The van der Waals surface area contributed by atoms with Gasteiger partial charge in [0.05, 0.1) is 29.6 Å². The standard InChI is InChI=1S/C23H19N3O6S3/c1-31-15-5-7-16(8-6-15)32-20-17(21(27)25-10-3-2-4-19(25)24-20)12-18-22(28)26(23(33)34-18)14-9-11-35(29,30)13-14/h2-8,10,12,14H,9,11,13H2,1H3/b18-12-/t14-/m1/s1. The highest BCUT2D eigenvalue weighted by Crippen LogP contribution is 2.37. The Hall–Kier alpha value is -3.22. The maximum atomic E-state index is 13.4. The number of benzene rings is 1. The number of hydrogen-bond donors (Lipinski definition) is 0. The van der Waals surface area contributed by atoms with Gasteiger partial charge in [-0.15, -0.1) is 0 Å². The van der Waals surface area contributed by atoms with Crippen molar-refractivity contribution in [3.63, 3.8) is 0 Å². The average molecular weight is 530 g/mol. The Bertz CT molecular complexity index is 1550. The number of thiocarbonyl (C=S) groups is 1. The summed E-state index contributed by atoms with van der Waals surface area (Å²) >= 11 is 6.41. The number of rotatable bonds is 5. The molecule has 1 atom stereocenters. The van der Waals surface area contributed by atoms with E-state index in [0.29, 0.717) is 23.6 Å². The summed E-state index contributed by atoms with van der Waals surface area (Å²) in [5, 5.41) is 0. The molecule has 5 rings (SSSR count). The fourth-order valence-corrected chi connectivity index (χ4v) is 7.03. The molecule has 0 aliphatic carbocycles. The molecule has 0 saturated carbocycles. The average Bonchev–Trinajstić information content (AvgIpc) is 3.33. The first-order chi connectivity index (χ1) is 16.8. The molecule has 2 fully saturated rings. The summed E-state index contributed by atoms with van der Waals surface area (Å²) in [6.07, 6.45) is 3.32. The third-order valence-electron chi connectivity index (χ3n) is 5.68. The minimum absolute atomic E-state index is 0.0174. The summed E-state index contributed by atoms with van der Waals surface area (Å²) in [4.78, 5) is 32.6. The van der Waals surface area contributed by atoms with Crippen LogP contribution in [-0.2, 0) is 14.6 Å². The van der Waals surface area contributed by atoms with Crippen molar-refractivity contribution in [3.05, 3.63) is 69.5 Å². The van der Waals surface area contributed by atoms with E-state index in [1.54, 1.807) is 55.8 Å². The van der Waals surface area contributed by atoms with Crippen LogP contribution in [0.15, 0.2) is 58.4 Å². The van der Waals surface area contributed by atoms with E-state index in [1.165, 1.54) is 15.4 Å². The van der Waals surface area contributed by atoms with Gasteiger partial charge in [0.15, 0.2) is 9.84 Å². The van der Waals surface area contributed by atoms with Crippen LogP contribution in [0, 0.1) is 0 Å². The molecule has 2 aliphatic rings. The van der Waals surface area contributed by atoms with E-state index in [2.05, 4.69) is 4.98 Å². The molecule has 0 spiro atoms. The first-order valence-corrected chi connectivity index (χ1v) is 13.6. The molecule has 2 aliphatic heterocycles. The number of methoxy groups -OCH3 is 1. The minimum atomic E-state index is -3.21. The lowest BCUT2D eigenvalue weighted by atomic mass is 10.2. The van der Waals surface area contributed by atoms with Gasteiger partial charge in [0.2, 0.25) is 5.88 Å². The highest BCUT2D eigenvalue weighted by molar-refractivity contribution is 8.26. The van der Waals surface area contributed by atoms with Crippen LogP contribution in [0.25, 0.3) is 11.7 Å². The van der Waals surface area contributed by atoms with Crippen LogP contribution >= 0.6 is 24.0 Å². The van der Waals surface area contributed by atoms with E-state index in [1.807, 2.05) is 0 Å². The molecule has 0 N–H and O–H groups in total. The summed E-state index contributed by atoms with van der Waals surface area (Å²) in [5.74, 6) is 0.552. The molecule has 180 valence electrons. The van der Waals surface area contributed by atoms with Crippen LogP contribution in [0.3, 0.4) is 0 Å². The Labute approximate surface area is 210 Å².